The van der Waals surface area contributed by atoms with Crippen molar-refractivity contribution in [1.29, 1.82) is 0 Å². The number of carbonyl (C=O) groups is 14. The van der Waals surface area contributed by atoms with Gasteiger partial charge in [-0.3, -0.25) is 62.3 Å². The highest BCUT2D eigenvalue weighted by Crippen LogP contribution is 2.24. The van der Waals surface area contributed by atoms with Gasteiger partial charge in [-0.2, -0.15) is 0 Å². The second-order valence-corrected chi connectivity index (χ2v) is 28.8. The summed E-state index contributed by atoms with van der Waals surface area (Å²) in [4.78, 5) is 205. The van der Waals surface area contributed by atoms with E-state index in [1.54, 1.807) is 55.4 Å². The molecule has 13 amide bonds. The molecule has 8 N–H and O–H groups in total. The maximum atomic E-state index is 14.8. The maximum absolute atomic E-state index is 14.8. The van der Waals surface area contributed by atoms with Crippen molar-refractivity contribution < 1.29 is 76.6 Å². The van der Waals surface area contributed by atoms with Gasteiger partial charge >= 0.3 is 5.97 Å². The van der Waals surface area contributed by atoms with Gasteiger partial charge in [0.05, 0.1) is 0 Å². The molecular weight excluding hydrogens is 1280 g/mol. The molecule has 1 saturated heterocycles. The summed E-state index contributed by atoms with van der Waals surface area (Å²) in [6.07, 6.45) is -0.987. The van der Waals surface area contributed by atoms with Crippen molar-refractivity contribution in [3.05, 3.63) is 0 Å². The summed E-state index contributed by atoms with van der Waals surface area (Å²) in [5.74, 6) is -12.4. The highest BCUT2D eigenvalue weighted by molar-refractivity contribution is 5.97. The third-order valence-corrected chi connectivity index (χ3v) is 18.5. The lowest BCUT2D eigenvalue weighted by atomic mass is 9.94. The summed E-state index contributed by atoms with van der Waals surface area (Å²) in [5.41, 5.74) is 0. The van der Waals surface area contributed by atoms with E-state index in [4.69, 9.17) is 9.47 Å². The third-order valence-electron chi connectivity index (χ3n) is 18.5. The number of methoxy groups -OCH3 is 1. The Morgan fingerprint density at radius 3 is 1.42 bits per heavy atom. The average molecular weight is 1400 g/mol. The summed E-state index contributed by atoms with van der Waals surface area (Å²) in [5, 5.41) is 21.9. The highest BCUT2D eigenvalue weighted by atomic mass is 16.5. The number of esters is 1. The molecular formula is C70H125N13O16. The van der Waals surface area contributed by atoms with E-state index < -0.39 is 185 Å². The number of nitrogens with zero attached hydrogens (tertiary/aromatic N) is 5. The molecule has 0 aromatic carbocycles. The summed E-state index contributed by atoms with van der Waals surface area (Å²) in [6.45, 7) is 30.3. The molecule has 0 spiro atoms. The normalized spacial score (nSPS) is 24.8. The second-order valence-electron chi connectivity index (χ2n) is 28.8. The van der Waals surface area contributed by atoms with Gasteiger partial charge in [0.2, 0.25) is 76.8 Å². The molecule has 1 aliphatic heterocycles. The van der Waals surface area contributed by atoms with Crippen LogP contribution in [0, 0.1) is 47.3 Å². The van der Waals surface area contributed by atoms with Gasteiger partial charge in [-0.05, 0) is 80.5 Å². The van der Waals surface area contributed by atoms with Crippen molar-refractivity contribution >= 4 is 82.8 Å². The smallest absolute Gasteiger partial charge is 0.329 e. The predicted molar refractivity (Wildman–Crippen MR) is 375 cm³/mol. The standard InChI is InChI=1S/C70H125N13O16/c1-25-43(14)56-68(95)81(21)58(42(12)13)69(96)79(19)46(17)61(88)71-31-28-51(84)75-49(35-39(6)7)66(93)83(23)60(45(16)27-3)70(97)99-47(18)57(78-62(89)50(36-40(8)9)80(20)67(94)55(41(10)11)77-54(87)37-98-24)63(90)72-32-29-52(85)74-48(34-38(4)5)65(92)82(22)59(44(15)26-2)64(91)73-33-30-53(86)76-56/h38-50,55-60H,25-37H2,1-24H3,(H,71,88)(H,72,90)(H,73,91)(H,74,85)(H,75,84)(H,76,86)(H,77,87)(H,78,89)/t43-,44+,45-,46-,47+,48+,49+,50+,55-,56+,57-,58-,59-,60+/m0/s1. The van der Waals surface area contributed by atoms with Crippen molar-refractivity contribution in [1.82, 2.24) is 67.0 Å². The first kappa shape index (κ1) is 89.6. The third kappa shape index (κ3) is 27.9. The largest absolute Gasteiger partial charge is 0.458 e. The van der Waals surface area contributed by atoms with Gasteiger partial charge in [0, 0.05) is 81.2 Å². The molecule has 0 saturated carbocycles. The van der Waals surface area contributed by atoms with E-state index in [0.29, 0.717) is 19.3 Å². The molecule has 99 heavy (non-hydrogen) atoms. The Kier molecular flexibility index (Phi) is 39.1. The fourth-order valence-corrected chi connectivity index (χ4v) is 11.8. The lowest BCUT2D eigenvalue weighted by Crippen LogP contribution is -2.61. The molecule has 0 aliphatic carbocycles. The number of nitrogens with one attached hydrogen (secondary N) is 8. The monoisotopic (exact) mass is 1400 g/mol. The first-order valence-corrected chi connectivity index (χ1v) is 35.4. The number of rotatable bonds is 21. The average Bonchev–Trinajstić information content (AvgIpc) is 0.834. The van der Waals surface area contributed by atoms with Gasteiger partial charge < -0.3 is 76.5 Å². The van der Waals surface area contributed by atoms with Crippen LogP contribution in [0.25, 0.3) is 0 Å². The topological polar surface area (TPSA) is 370 Å². The van der Waals surface area contributed by atoms with Crippen LogP contribution in [0.15, 0.2) is 0 Å². The van der Waals surface area contributed by atoms with Crippen LogP contribution >= 0.6 is 0 Å². The lowest BCUT2D eigenvalue weighted by molar-refractivity contribution is -0.163. The molecule has 0 bridgehead atoms. The quantitative estimate of drug-likeness (QED) is 0.0764. The fourth-order valence-electron chi connectivity index (χ4n) is 11.8. The Morgan fingerprint density at radius 2 is 0.990 bits per heavy atom. The fraction of sp³-hybridized carbons (Fsp3) is 0.800. The van der Waals surface area contributed by atoms with E-state index in [2.05, 4.69) is 42.5 Å². The van der Waals surface area contributed by atoms with Gasteiger partial charge in [0.1, 0.15) is 73.1 Å². The predicted octanol–water partition coefficient (Wildman–Crippen LogP) is 2.26. The van der Waals surface area contributed by atoms with E-state index in [1.807, 2.05) is 55.4 Å². The van der Waals surface area contributed by atoms with Crippen molar-refractivity contribution in [2.45, 2.75) is 249 Å². The molecule has 1 aliphatic rings. The number of hydrogen-bond acceptors (Lipinski definition) is 16. The summed E-state index contributed by atoms with van der Waals surface area (Å²) in [6, 6.07) is -12.2. The van der Waals surface area contributed by atoms with Crippen LogP contribution < -0.4 is 42.5 Å². The molecule has 29 heteroatoms. The van der Waals surface area contributed by atoms with Crippen molar-refractivity contribution in [3.63, 3.8) is 0 Å². The van der Waals surface area contributed by atoms with E-state index in [1.165, 1.54) is 75.8 Å². The first-order chi connectivity index (χ1) is 46.1. The van der Waals surface area contributed by atoms with E-state index in [-0.39, 0.29) is 76.1 Å². The van der Waals surface area contributed by atoms with Gasteiger partial charge in [-0.15, -0.1) is 0 Å². The van der Waals surface area contributed by atoms with Crippen LogP contribution in [0.4, 0.5) is 0 Å². The number of ether oxygens (including phenoxy) is 2. The minimum atomic E-state index is -1.73. The zero-order valence-corrected chi connectivity index (χ0v) is 63.9. The van der Waals surface area contributed by atoms with Gasteiger partial charge in [0.25, 0.3) is 0 Å². The summed E-state index contributed by atoms with van der Waals surface area (Å²) in [7, 11) is 8.40. The van der Waals surface area contributed by atoms with E-state index >= 15 is 0 Å². The van der Waals surface area contributed by atoms with Gasteiger partial charge in [-0.25, -0.2) is 4.79 Å². The van der Waals surface area contributed by atoms with Gasteiger partial charge in [-0.1, -0.05) is 130 Å². The Labute approximate surface area is 589 Å². The number of cyclic esters (lactones) is 1. The van der Waals surface area contributed by atoms with Crippen LogP contribution in [0.5, 0.6) is 0 Å². The Morgan fingerprint density at radius 1 is 0.556 bits per heavy atom. The molecule has 29 nitrogen and oxygen atoms in total. The number of likely N-dealkylation sites (N-methyl/N-ethyl adjacent to an activating group) is 5. The number of carbonyl (C=O) groups excluding carboxylic acids is 14. The SMILES string of the molecule is CC[C@@H](C)[C@H]1C(=O)NCCC(=O)N[C@H]([C@@H](C)CC)C(=O)N(C)[C@@H](C(C)C)C(=O)N(C)[C@@H](C)C(=O)NCCC(=O)N[C@H](CC(C)C)C(=O)N(C)[C@H]([C@@H](C)CC)C(=O)O[C@H](C)[C@H](NC(=O)[C@@H](CC(C)C)N(C)C(=O)[C@@H](NC(=O)COC)C(C)C)C(=O)NCCC(=O)N[C@H](CC(C)C)C(=O)N1C. The van der Waals surface area contributed by atoms with Gasteiger partial charge in [0.15, 0.2) is 0 Å². The molecule has 566 valence electrons. The molecule has 1 rings (SSSR count). The van der Waals surface area contributed by atoms with E-state index in [0.717, 1.165) is 4.90 Å². The lowest BCUT2D eigenvalue weighted by Gasteiger charge is -2.37. The zero-order valence-electron chi connectivity index (χ0n) is 63.9. The zero-order chi connectivity index (χ0) is 76.2. The molecule has 14 atom stereocenters. The molecule has 1 fully saturated rings. The second kappa shape index (κ2) is 43.3. The van der Waals surface area contributed by atoms with Crippen LogP contribution in [0.3, 0.4) is 0 Å². The Bertz CT molecular complexity index is 2730. The summed E-state index contributed by atoms with van der Waals surface area (Å²) >= 11 is 0. The molecule has 0 aromatic heterocycles. The van der Waals surface area contributed by atoms with E-state index in [9.17, 15) is 67.1 Å². The molecule has 0 radical (unpaired) electrons. The summed E-state index contributed by atoms with van der Waals surface area (Å²) < 4.78 is 11.1. The molecule has 1 heterocycles. The minimum absolute atomic E-state index is 0.0609. The molecule has 0 aromatic rings. The Balaban J connectivity index is 4.18. The van der Waals surface area contributed by atoms with Crippen LogP contribution in [-0.4, -0.2) is 242 Å². The van der Waals surface area contributed by atoms with Crippen LogP contribution in [0.2, 0.25) is 0 Å². The molecule has 0 unspecified atom stereocenters. The number of amides is 13. The first-order valence-electron chi connectivity index (χ1n) is 35.4. The van der Waals surface area contributed by atoms with Crippen molar-refractivity contribution in [3.8, 4) is 0 Å². The highest BCUT2D eigenvalue weighted by Gasteiger charge is 2.43. The Hall–Kier alpha value is -7.46. The maximum Gasteiger partial charge on any atom is 0.329 e. The van der Waals surface area contributed by atoms with Crippen molar-refractivity contribution in [2.75, 3.05) is 68.6 Å². The minimum Gasteiger partial charge on any atom is -0.458 e. The number of hydrogen-bond donors (Lipinski definition) is 8. The van der Waals surface area contributed by atoms with Crippen LogP contribution in [0.1, 0.15) is 182 Å². The van der Waals surface area contributed by atoms with Crippen LogP contribution in [-0.2, 0) is 76.6 Å². The van der Waals surface area contributed by atoms with Crippen molar-refractivity contribution in [2.24, 2.45) is 47.3 Å².